The van der Waals surface area contributed by atoms with Crippen molar-refractivity contribution in [1.29, 1.82) is 0 Å². The van der Waals surface area contributed by atoms with Crippen LogP contribution in [-0.2, 0) is 6.42 Å². The molecule has 2 N–H and O–H groups in total. The first kappa shape index (κ1) is 11.4. The summed E-state index contributed by atoms with van der Waals surface area (Å²) in [5, 5.41) is 4.31. The van der Waals surface area contributed by atoms with Crippen LogP contribution in [0, 0.1) is 6.92 Å². The van der Waals surface area contributed by atoms with Crippen molar-refractivity contribution in [2.45, 2.75) is 25.8 Å². The zero-order chi connectivity index (χ0) is 11.4. The number of benzene rings is 1. The van der Waals surface area contributed by atoms with Crippen molar-refractivity contribution in [1.82, 2.24) is 0 Å². The van der Waals surface area contributed by atoms with Crippen LogP contribution in [0.25, 0.3) is 0 Å². The zero-order valence-electron chi connectivity index (χ0n) is 9.52. The molecule has 1 unspecified atom stereocenters. The molecule has 0 saturated heterocycles. The number of hydrogen-bond donors (Lipinski definition) is 1. The summed E-state index contributed by atoms with van der Waals surface area (Å²) in [6.07, 6.45) is 2.08. The van der Waals surface area contributed by atoms with Crippen LogP contribution in [0.3, 0.4) is 0 Å². The minimum atomic E-state index is 0.153. The second kappa shape index (κ2) is 5.28. The summed E-state index contributed by atoms with van der Waals surface area (Å²) >= 11 is 1.75. The summed E-state index contributed by atoms with van der Waals surface area (Å²) in [6, 6.07) is 10.8. The summed E-state index contributed by atoms with van der Waals surface area (Å²) in [6.45, 7) is 2.10. The van der Waals surface area contributed by atoms with Crippen molar-refractivity contribution in [3.63, 3.8) is 0 Å². The molecule has 0 fully saturated rings. The van der Waals surface area contributed by atoms with E-state index in [0.717, 1.165) is 12.8 Å². The first-order valence-corrected chi connectivity index (χ1v) is 6.53. The lowest BCUT2D eigenvalue weighted by Gasteiger charge is -2.11. The lowest BCUT2D eigenvalue weighted by atomic mass is 10.0. The molecule has 2 heteroatoms. The molecular formula is C14H17NS. The molecule has 0 radical (unpaired) electrons. The van der Waals surface area contributed by atoms with E-state index in [2.05, 4.69) is 48.0 Å². The fourth-order valence-corrected chi connectivity index (χ4v) is 2.44. The Labute approximate surface area is 101 Å². The molecule has 1 nitrogen and oxygen atoms in total. The van der Waals surface area contributed by atoms with Gasteiger partial charge in [-0.3, -0.25) is 0 Å². The third-order valence-corrected chi connectivity index (χ3v) is 3.56. The first-order chi connectivity index (χ1) is 7.75. The first-order valence-electron chi connectivity index (χ1n) is 5.59. The standard InChI is InChI=1S/C14H17NS/c1-11-2-5-13(6-3-11)14(15)7-4-12-8-9-16-10-12/h2-3,5-6,8-10,14H,4,7,15H2,1H3. The predicted molar refractivity (Wildman–Crippen MR) is 70.7 cm³/mol. The largest absolute Gasteiger partial charge is 0.324 e. The number of rotatable bonds is 4. The molecule has 0 bridgehead atoms. The third kappa shape index (κ3) is 2.94. The molecule has 1 atom stereocenters. The smallest absolute Gasteiger partial charge is 0.0298 e. The van der Waals surface area contributed by atoms with Crippen LogP contribution in [-0.4, -0.2) is 0 Å². The molecule has 1 heterocycles. The third-order valence-electron chi connectivity index (χ3n) is 2.83. The average molecular weight is 231 g/mol. The van der Waals surface area contributed by atoms with Gasteiger partial charge >= 0.3 is 0 Å². The molecule has 0 saturated carbocycles. The van der Waals surface area contributed by atoms with E-state index in [9.17, 15) is 0 Å². The molecule has 0 spiro atoms. The van der Waals surface area contributed by atoms with Gasteiger partial charge in [-0.25, -0.2) is 0 Å². The lowest BCUT2D eigenvalue weighted by Crippen LogP contribution is -2.11. The second-order valence-corrected chi connectivity index (χ2v) is 4.97. The fraction of sp³-hybridized carbons (Fsp3) is 0.286. The Hall–Kier alpha value is -1.12. The molecule has 0 aliphatic rings. The summed E-state index contributed by atoms with van der Waals surface area (Å²) in [7, 11) is 0. The highest BCUT2D eigenvalue weighted by Gasteiger charge is 2.05. The van der Waals surface area contributed by atoms with Crippen molar-refractivity contribution >= 4 is 11.3 Å². The zero-order valence-corrected chi connectivity index (χ0v) is 10.3. The highest BCUT2D eigenvalue weighted by molar-refractivity contribution is 7.07. The summed E-state index contributed by atoms with van der Waals surface area (Å²) < 4.78 is 0. The van der Waals surface area contributed by atoms with E-state index >= 15 is 0 Å². The van der Waals surface area contributed by atoms with Gasteiger partial charge in [0.15, 0.2) is 0 Å². The normalized spacial score (nSPS) is 12.6. The molecule has 1 aromatic carbocycles. The Morgan fingerprint density at radius 3 is 2.56 bits per heavy atom. The minimum Gasteiger partial charge on any atom is -0.324 e. The van der Waals surface area contributed by atoms with Gasteiger partial charge in [-0.2, -0.15) is 11.3 Å². The Balaban J connectivity index is 1.93. The molecule has 0 aliphatic carbocycles. The van der Waals surface area contributed by atoms with E-state index in [1.807, 2.05) is 0 Å². The minimum absolute atomic E-state index is 0.153. The van der Waals surface area contributed by atoms with Gasteiger partial charge in [0.2, 0.25) is 0 Å². The van der Waals surface area contributed by atoms with Crippen LogP contribution >= 0.6 is 11.3 Å². The van der Waals surface area contributed by atoms with Crippen molar-refractivity contribution in [2.24, 2.45) is 5.73 Å². The quantitative estimate of drug-likeness (QED) is 0.853. The highest BCUT2D eigenvalue weighted by atomic mass is 32.1. The van der Waals surface area contributed by atoms with Gasteiger partial charge in [0.1, 0.15) is 0 Å². The van der Waals surface area contributed by atoms with Crippen molar-refractivity contribution in [3.05, 3.63) is 57.8 Å². The summed E-state index contributed by atoms with van der Waals surface area (Å²) in [5.74, 6) is 0. The van der Waals surface area contributed by atoms with Crippen LogP contribution in [0.1, 0.15) is 29.2 Å². The SMILES string of the molecule is Cc1ccc(C(N)CCc2ccsc2)cc1. The van der Waals surface area contributed by atoms with Gasteiger partial charge < -0.3 is 5.73 Å². The Morgan fingerprint density at radius 1 is 1.19 bits per heavy atom. The van der Waals surface area contributed by atoms with Crippen LogP contribution in [0.15, 0.2) is 41.1 Å². The molecule has 1 aromatic heterocycles. The van der Waals surface area contributed by atoms with Crippen molar-refractivity contribution < 1.29 is 0 Å². The molecule has 16 heavy (non-hydrogen) atoms. The van der Waals surface area contributed by atoms with Crippen LogP contribution < -0.4 is 5.73 Å². The van der Waals surface area contributed by atoms with Gasteiger partial charge in [-0.15, -0.1) is 0 Å². The van der Waals surface area contributed by atoms with Gasteiger partial charge in [-0.1, -0.05) is 29.8 Å². The Kier molecular flexibility index (Phi) is 3.75. The van der Waals surface area contributed by atoms with E-state index in [0.29, 0.717) is 0 Å². The maximum Gasteiger partial charge on any atom is 0.0298 e. The number of aryl methyl sites for hydroxylation is 2. The van der Waals surface area contributed by atoms with Crippen molar-refractivity contribution in [3.8, 4) is 0 Å². The molecule has 0 amide bonds. The number of nitrogens with two attached hydrogens (primary N) is 1. The molecule has 84 valence electrons. The Morgan fingerprint density at radius 2 is 1.94 bits per heavy atom. The van der Waals surface area contributed by atoms with E-state index in [1.165, 1.54) is 16.7 Å². The van der Waals surface area contributed by atoms with Crippen LogP contribution in [0.5, 0.6) is 0 Å². The van der Waals surface area contributed by atoms with Crippen LogP contribution in [0.2, 0.25) is 0 Å². The molecule has 0 aliphatic heterocycles. The van der Waals surface area contributed by atoms with Gasteiger partial charge in [0, 0.05) is 6.04 Å². The number of thiophene rings is 1. The number of hydrogen-bond acceptors (Lipinski definition) is 2. The summed E-state index contributed by atoms with van der Waals surface area (Å²) in [4.78, 5) is 0. The topological polar surface area (TPSA) is 26.0 Å². The van der Waals surface area contributed by atoms with Crippen molar-refractivity contribution in [2.75, 3.05) is 0 Å². The van der Waals surface area contributed by atoms with E-state index < -0.39 is 0 Å². The van der Waals surface area contributed by atoms with Gasteiger partial charge in [0.05, 0.1) is 0 Å². The van der Waals surface area contributed by atoms with E-state index in [4.69, 9.17) is 5.73 Å². The van der Waals surface area contributed by atoms with Crippen LogP contribution in [0.4, 0.5) is 0 Å². The maximum atomic E-state index is 6.17. The van der Waals surface area contributed by atoms with E-state index in [1.54, 1.807) is 11.3 Å². The highest BCUT2D eigenvalue weighted by Crippen LogP contribution is 2.18. The fourth-order valence-electron chi connectivity index (χ4n) is 1.74. The van der Waals surface area contributed by atoms with Gasteiger partial charge in [0.25, 0.3) is 0 Å². The maximum absolute atomic E-state index is 6.17. The molecule has 2 aromatic rings. The second-order valence-electron chi connectivity index (χ2n) is 4.19. The summed E-state index contributed by atoms with van der Waals surface area (Å²) in [5.41, 5.74) is 10.1. The molecule has 2 rings (SSSR count). The monoisotopic (exact) mass is 231 g/mol. The van der Waals surface area contributed by atoms with E-state index in [-0.39, 0.29) is 6.04 Å². The lowest BCUT2D eigenvalue weighted by molar-refractivity contribution is 0.652. The average Bonchev–Trinajstić information content (AvgIpc) is 2.80. The Bertz CT molecular complexity index is 417. The predicted octanol–water partition coefficient (Wildman–Crippen LogP) is 3.69. The van der Waals surface area contributed by atoms with Gasteiger partial charge in [-0.05, 0) is 47.7 Å². The molecular weight excluding hydrogens is 214 g/mol.